The highest BCUT2D eigenvalue weighted by molar-refractivity contribution is 7.18. The molecule has 0 spiro atoms. The number of H-pyrrole nitrogens is 1. The molecule has 0 atom stereocenters. The molecule has 0 amide bonds. The Morgan fingerprint density at radius 3 is 2.84 bits per heavy atom. The molecule has 0 aliphatic heterocycles. The van der Waals surface area contributed by atoms with Crippen molar-refractivity contribution in [1.82, 2.24) is 9.55 Å². The fraction of sp³-hybridized carbons (Fsp3) is 0.150. The maximum Gasteiger partial charge on any atom is 0.348 e. The Morgan fingerprint density at radius 1 is 1.45 bits per heavy atom. The molecule has 0 fully saturated rings. The van der Waals surface area contributed by atoms with Crippen LogP contribution in [0.2, 0.25) is 5.02 Å². The van der Waals surface area contributed by atoms with E-state index in [9.17, 15) is 24.8 Å². The molecule has 0 aliphatic rings. The molecule has 3 aromatic rings. The first-order valence-corrected chi connectivity index (χ1v) is 10.1. The van der Waals surface area contributed by atoms with Crippen LogP contribution in [0.1, 0.15) is 33.3 Å². The number of ether oxygens (including phenoxy) is 1. The number of rotatable bonds is 5. The SMILES string of the molecule is CCOC(=O)c1sc(N=Cc2c(O)n(-c3cccc(Cl)c3)c(=O)[nH]c2=O)c(C#N)c1C. The molecule has 0 saturated carbocycles. The van der Waals surface area contributed by atoms with Gasteiger partial charge in [0.1, 0.15) is 21.5 Å². The molecule has 2 heterocycles. The number of nitrogens with one attached hydrogen (secondary N) is 1. The van der Waals surface area contributed by atoms with Gasteiger partial charge in [0.05, 0.1) is 17.9 Å². The average molecular weight is 459 g/mol. The maximum absolute atomic E-state index is 12.3. The molecule has 0 saturated heterocycles. The highest BCUT2D eigenvalue weighted by Gasteiger charge is 2.21. The lowest BCUT2D eigenvalue weighted by Gasteiger charge is -2.09. The number of thiophene rings is 1. The Morgan fingerprint density at radius 2 is 2.19 bits per heavy atom. The summed E-state index contributed by atoms with van der Waals surface area (Å²) in [4.78, 5) is 43.0. The van der Waals surface area contributed by atoms with E-state index in [1.54, 1.807) is 26.0 Å². The monoisotopic (exact) mass is 458 g/mol. The average Bonchev–Trinajstić information content (AvgIpc) is 3.03. The summed E-state index contributed by atoms with van der Waals surface area (Å²) in [7, 11) is 0. The number of benzene rings is 1. The van der Waals surface area contributed by atoms with E-state index in [2.05, 4.69) is 9.98 Å². The number of nitriles is 1. The van der Waals surface area contributed by atoms with Crippen molar-refractivity contribution in [3.8, 4) is 17.6 Å². The number of aromatic amines is 1. The van der Waals surface area contributed by atoms with Crippen molar-refractivity contribution in [2.75, 3.05) is 6.61 Å². The van der Waals surface area contributed by atoms with Crippen molar-refractivity contribution in [1.29, 1.82) is 5.26 Å². The molecule has 0 radical (unpaired) electrons. The lowest BCUT2D eigenvalue weighted by molar-refractivity contribution is 0.0531. The number of hydrogen-bond acceptors (Lipinski definition) is 8. The van der Waals surface area contributed by atoms with Crippen LogP contribution in [0.5, 0.6) is 5.88 Å². The summed E-state index contributed by atoms with van der Waals surface area (Å²) in [6.07, 6.45) is 1.02. The first-order valence-electron chi connectivity index (χ1n) is 8.87. The highest BCUT2D eigenvalue weighted by Crippen LogP contribution is 2.35. The predicted molar refractivity (Wildman–Crippen MR) is 116 cm³/mol. The van der Waals surface area contributed by atoms with Gasteiger partial charge in [0.15, 0.2) is 0 Å². The maximum atomic E-state index is 12.3. The van der Waals surface area contributed by atoms with Crippen LogP contribution in [0.25, 0.3) is 5.69 Å². The highest BCUT2D eigenvalue weighted by atomic mass is 35.5. The van der Waals surface area contributed by atoms with Crippen LogP contribution in [0.15, 0.2) is 38.8 Å². The van der Waals surface area contributed by atoms with Crippen molar-refractivity contribution in [3.05, 3.63) is 71.7 Å². The van der Waals surface area contributed by atoms with Gasteiger partial charge in [-0.05, 0) is 37.6 Å². The quantitative estimate of drug-likeness (QED) is 0.445. The summed E-state index contributed by atoms with van der Waals surface area (Å²) in [6.45, 7) is 3.42. The molecule has 3 rings (SSSR count). The van der Waals surface area contributed by atoms with Crippen LogP contribution in [0, 0.1) is 18.3 Å². The van der Waals surface area contributed by atoms with Crippen molar-refractivity contribution in [3.63, 3.8) is 0 Å². The zero-order valence-corrected chi connectivity index (χ0v) is 17.9. The summed E-state index contributed by atoms with van der Waals surface area (Å²) < 4.78 is 5.84. The number of carbonyl (C=O) groups is 1. The summed E-state index contributed by atoms with van der Waals surface area (Å²) >= 11 is 6.87. The molecule has 9 nitrogen and oxygen atoms in total. The van der Waals surface area contributed by atoms with E-state index in [0.717, 1.165) is 22.1 Å². The topological polar surface area (TPSA) is 138 Å². The Labute approximate surface area is 184 Å². The molecular weight excluding hydrogens is 444 g/mol. The van der Waals surface area contributed by atoms with E-state index < -0.39 is 23.1 Å². The third-order valence-corrected chi connectivity index (χ3v) is 5.61. The Bertz CT molecular complexity index is 1360. The molecule has 158 valence electrons. The number of aromatic nitrogens is 2. The van der Waals surface area contributed by atoms with Gasteiger partial charge in [-0.1, -0.05) is 17.7 Å². The number of aromatic hydroxyl groups is 1. The van der Waals surface area contributed by atoms with Crippen molar-refractivity contribution < 1.29 is 14.6 Å². The van der Waals surface area contributed by atoms with E-state index in [1.807, 2.05) is 6.07 Å². The van der Waals surface area contributed by atoms with Gasteiger partial charge in [0.2, 0.25) is 5.88 Å². The van der Waals surface area contributed by atoms with Gasteiger partial charge in [-0.15, -0.1) is 11.3 Å². The van der Waals surface area contributed by atoms with Crippen molar-refractivity contribution >= 4 is 40.1 Å². The summed E-state index contributed by atoms with van der Waals surface area (Å²) in [6, 6.07) is 8.09. The largest absolute Gasteiger partial charge is 0.493 e. The molecule has 0 aliphatic carbocycles. The summed E-state index contributed by atoms with van der Waals surface area (Å²) in [5.41, 5.74) is -1.27. The van der Waals surface area contributed by atoms with Gasteiger partial charge in [-0.25, -0.2) is 19.1 Å². The van der Waals surface area contributed by atoms with Crippen LogP contribution in [0.4, 0.5) is 5.00 Å². The summed E-state index contributed by atoms with van der Waals surface area (Å²) in [5, 5.41) is 20.5. The third kappa shape index (κ3) is 4.28. The summed E-state index contributed by atoms with van der Waals surface area (Å²) in [5.74, 6) is -1.24. The number of hydrogen-bond donors (Lipinski definition) is 2. The van der Waals surface area contributed by atoms with E-state index in [4.69, 9.17) is 16.3 Å². The first kappa shape index (κ1) is 22.0. The van der Waals surface area contributed by atoms with E-state index in [0.29, 0.717) is 10.6 Å². The van der Waals surface area contributed by atoms with Gasteiger partial charge >= 0.3 is 11.7 Å². The molecule has 0 bridgehead atoms. The van der Waals surface area contributed by atoms with Gasteiger partial charge < -0.3 is 9.84 Å². The lowest BCUT2D eigenvalue weighted by Crippen LogP contribution is -2.31. The smallest absolute Gasteiger partial charge is 0.348 e. The minimum atomic E-state index is -0.873. The Kier molecular flexibility index (Phi) is 6.39. The van der Waals surface area contributed by atoms with Crippen LogP contribution in [-0.4, -0.2) is 33.4 Å². The third-order valence-electron chi connectivity index (χ3n) is 4.20. The van der Waals surface area contributed by atoms with Crippen molar-refractivity contribution in [2.45, 2.75) is 13.8 Å². The van der Waals surface area contributed by atoms with Crippen LogP contribution < -0.4 is 11.2 Å². The minimum absolute atomic E-state index is 0.142. The number of nitrogens with zero attached hydrogens (tertiary/aromatic N) is 3. The number of aliphatic imine (C=N–C) groups is 1. The minimum Gasteiger partial charge on any atom is -0.493 e. The molecule has 1 aromatic carbocycles. The molecule has 31 heavy (non-hydrogen) atoms. The van der Waals surface area contributed by atoms with E-state index >= 15 is 0 Å². The molecular formula is C20H15ClN4O5S. The standard InChI is InChI=1S/C20H15ClN4O5S/c1-3-30-19(28)15-10(2)13(8-22)17(31-15)23-9-14-16(26)24-20(29)25(18(14)27)12-6-4-5-11(21)7-12/h4-7,9,27H,3H2,1-2H3,(H,24,26,29). The molecule has 11 heteroatoms. The van der Waals surface area contributed by atoms with Crippen molar-refractivity contribution in [2.24, 2.45) is 4.99 Å². The van der Waals surface area contributed by atoms with E-state index in [-0.39, 0.29) is 33.3 Å². The molecule has 2 N–H and O–H groups in total. The van der Waals surface area contributed by atoms with Crippen LogP contribution in [-0.2, 0) is 4.74 Å². The Balaban J connectivity index is 2.12. The Hall–Kier alpha value is -3.68. The molecule has 2 aromatic heterocycles. The fourth-order valence-electron chi connectivity index (χ4n) is 2.74. The zero-order valence-electron chi connectivity index (χ0n) is 16.3. The zero-order chi connectivity index (χ0) is 22.7. The van der Waals surface area contributed by atoms with Crippen LogP contribution in [0.3, 0.4) is 0 Å². The number of halogens is 1. The molecule has 0 unspecified atom stereocenters. The van der Waals surface area contributed by atoms with Gasteiger partial charge in [-0.2, -0.15) is 5.26 Å². The lowest BCUT2D eigenvalue weighted by atomic mass is 10.2. The van der Waals surface area contributed by atoms with E-state index in [1.165, 1.54) is 12.1 Å². The van der Waals surface area contributed by atoms with Gasteiger partial charge in [0, 0.05) is 11.2 Å². The first-order chi connectivity index (χ1) is 14.8. The van der Waals surface area contributed by atoms with Gasteiger partial charge in [-0.3, -0.25) is 9.78 Å². The second-order valence-electron chi connectivity index (χ2n) is 6.14. The normalized spacial score (nSPS) is 10.9. The second kappa shape index (κ2) is 8.99. The number of esters is 1. The fourth-order valence-corrected chi connectivity index (χ4v) is 3.93. The second-order valence-corrected chi connectivity index (χ2v) is 7.57. The number of carbonyl (C=O) groups excluding carboxylic acids is 1. The van der Waals surface area contributed by atoms with Crippen LogP contribution >= 0.6 is 22.9 Å². The van der Waals surface area contributed by atoms with Gasteiger partial charge in [0.25, 0.3) is 5.56 Å². The predicted octanol–water partition coefficient (Wildman–Crippen LogP) is 3.05.